The first-order chi connectivity index (χ1) is 9.22. The van der Waals surface area contributed by atoms with Crippen LogP contribution >= 0.6 is 0 Å². The second-order valence-electron chi connectivity index (χ2n) is 5.69. The Bertz CT molecular complexity index is 457. The summed E-state index contributed by atoms with van der Waals surface area (Å²) >= 11 is 0. The molecule has 20 heavy (non-hydrogen) atoms. The summed E-state index contributed by atoms with van der Waals surface area (Å²) < 4.78 is 10.5. The maximum atomic E-state index is 11.8. The molecular formula is C15H24N2O3. The Hall–Kier alpha value is -1.75. The second-order valence-corrected chi connectivity index (χ2v) is 5.69. The molecule has 0 bridgehead atoms. The number of carbonyl (C=O) groups excluding carboxylic acids is 1. The maximum Gasteiger partial charge on any atom is 0.242 e. The third kappa shape index (κ3) is 4.13. The smallest absolute Gasteiger partial charge is 0.242 e. The maximum absolute atomic E-state index is 11.8. The number of carbonyl (C=O) groups is 1. The first-order valence-corrected chi connectivity index (χ1v) is 6.50. The minimum atomic E-state index is -0.895. The predicted molar refractivity (Wildman–Crippen MR) is 79.9 cm³/mol. The van der Waals surface area contributed by atoms with Gasteiger partial charge < -0.3 is 20.5 Å². The van der Waals surface area contributed by atoms with E-state index in [2.05, 4.69) is 5.32 Å². The summed E-state index contributed by atoms with van der Waals surface area (Å²) in [6.07, 6.45) is 0.456. The SMILES string of the molecule is COc1ccc(NC(C)(CC(C)(C)OC)C(N)=O)cc1. The molecule has 112 valence electrons. The highest BCUT2D eigenvalue weighted by Gasteiger charge is 2.37. The van der Waals surface area contributed by atoms with Crippen LogP contribution < -0.4 is 15.8 Å². The molecule has 0 saturated carbocycles. The molecule has 1 atom stereocenters. The molecule has 1 rings (SSSR count). The number of nitrogens with two attached hydrogens (primary N) is 1. The monoisotopic (exact) mass is 280 g/mol. The molecular weight excluding hydrogens is 256 g/mol. The van der Waals surface area contributed by atoms with Gasteiger partial charge in [0.05, 0.1) is 12.7 Å². The van der Waals surface area contributed by atoms with Gasteiger partial charge in [0.15, 0.2) is 0 Å². The van der Waals surface area contributed by atoms with E-state index in [1.807, 2.05) is 38.1 Å². The van der Waals surface area contributed by atoms with Gasteiger partial charge in [-0.05, 0) is 45.0 Å². The number of ether oxygens (including phenoxy) is 2. The van der Waals surface area contributed by atoms with E-state index >= 15 is 0 Å². The van der Waals surface area contributed by atoms with E-state index in [-0.39, 0.29) is 0 Å². The molecule has 0 radical (unpaired) electrons. The van der Waals surface area contributed by atoms with Crippen LogP contribution in [0.2, 0.25) is 0 Å². The number of anilines is 1. The second kappa shape index (κ2) is 6.13. The van der Waals surface area contributed by atoms with E-state index in [9.17, 15) is 4.79 Å². The van der Waals surface area contributed by atoms with Crippen molar-refractivity contribution in [3.05, 3.63) is 24.3 Å². The van der Waals surface area contributed by atoms with Crippen molar-refractivity contribution in [3.63, 3.8) is 0 Å². The van der Waals surface area contributed by atoms with Gasteiger partial charge in [0.1, 0.15) is 11.3 Å². The lowest BCUT2D eigenvalue weighted by Crippen LogP contribution is -2.52. The first-order valence-electron chi connectivity index (χ1n) is 6.50. The number of hydrogen-bond donors (Lipinski definition) is 2. The van der Waals surface area contributed by atoms with E-state index < -0.39 is 17.0 Å². The molecule has 1 aromatic carbocycles. The number of methoxy groups -OCH3 is 2. The van der Waals surface area contributed by atoms with Crippen molar-refractivity contribution in [2.75, 3.05) is 19.5 Å². The van der Waals surface area contributed by atoms with Gasteiger partial charge in [0.25, 0.3) is 0 Å². The molecule has 3 N–H and O–H groups in total. The first kappa shape index (κ1) is 16.3. The zero-order chi connectivity index (χ0) is 15.4. The van der Waals surface area contributed by atoms with Gasteiger partial charge in [-0.1, -0.05) is 0 Å². The Kier molecular flexibility index (Phi) is 5.00. The van der Waals surface area contributed by atoms with Gasteiger partial charge in [-0.25, -0.2) is 0 Å². The lowest BCUT2D eigenvalue weighted by Gasteiger charge is -2.35. The van der Waals surface area contributed by atoms with Crippen LogP contribution in [0.25, 0.3) is 0 Å². The van der Waals surface area contributed by atoms with E-state index in [0.29, 0.717) is 6.42 Å². The van der Waals surface area contributed by atoms with Crippen molar-refractivity contribution >= 4 is 11.6 Å². The fourth-order valence-corrected chi connectivity index (χ4v) is 2.11. The van der Waals surface area contributed by atoms with Crippen molar-refractivity contribution in [3.8, 4) is 5.75 Å². The zero-order valence-corrected chi connectivity index (χ0v) is 12.8. The van der Waals surface area contributed by atoms with Crippen LogP contribution in [-0.2, 0) is 9.53 Å². The molecule has 0 heterocycles. The third-order valence-corrected chi connectivity index (χ3v) is 3.39. The molecule has 0 aliphatic carbocycles. The summed E-state index contributed by atoms with van der Waals surface area (Å²) in [5.41, 5.74) is 5.01. The number of primary amides is 1. The van der Waals surface area contributed by atoms with Gasteiger partial charge in [0.2, 0.25) is 5.91 Å². The summed E-state index contributed by atoms with van der Waals surface area (Å²) in [7, 11) is 3.23. The fourth-order valence-electron chi connectivity index (χ4n) is 2.11. The van der Waals surface area contributed by atoms with Crippen LogP contribution in [0, 0.1) is 0 Å². The topological polar surface area (TPSA) is 73.6 Å². The van der Waals surface area contributed by atoms with Crippen LogP contribution in [0.1, 0.15) is 27.2 Å². The molecule has 5 heteroatoms. The minimum Gasteiger partial charge on any atom is -0.497 e. The van der Waals surface area contributed by atoms with Gasteiger partial charge in [-0.3, -0.25) is 4.79 Å². The van der Waals surface area contributed by atoms with Crippen molar-refractivity contribution in [2.24, 2.45) is 5.73 Å². The van der Waals surface area contributed by atoms with Crippen molar-refractivity contribution in [1.82, 2.24) is 0 Å². The Morgan fingerprint density at radius 3 is 2.15 bits per heavy atom. The molecule has 0 fully saturated rings. The molecule has 0 aliphatic heterocycles. The average molecular weight is 280 g/mol. The van der Waals surface area contributed by atoms with Crippen LogP contribution in [0.4, 0.5) is 5.69 Å². The molecule has 1 aromatic rings. The Morgan fingerprint density at radius 2 is 1.75 bits per heavy atom. The van der Waals surface area contributed by atoms with Crippen molar-refractivity contribution in [1.29, 1.82) is 0 Å². The Balaban J connectivity index is 2.93. The molecule has 1 unspecified atom stereocenters. The number of hydrogen-bond acceptors (Lipinski definition) is 4. The highest BCUT2D eigenvalue weighted by molar-refractivity contribution is 5.87. The zero-order valence-electron chi connectivity index (χ0n) is 12.8. The van der Waals surface area contributed by atoms with Crippen molar-refractivity contribution < 1.29 is 14.3 Å². The van der Waals surface area contributed by atoms with E-state index in [4.69, 9.17) is 15.2 Å². The van der Waals surface area contributed by atoms with Crippen LogP contribution in [-0.4, -0.2) is 31.3 Å². The van der Waals surface area contributed by atoms with E-state index in [1.54, 1.807) is 21.1 Å². The summed E-state index contributed by atoms with van der Waals surface area (Å²) in [5.74, 6) is 0.340. The van der Waals surface area contributed by atoms with Crippen LogP contribution in [0.15, 0.2) is 24.3 Å². The Labute approximate surface area is 120 Å². The summed E-state index contributed by atoms with van der Waals surface area (Å²) in [6.45, 7) is 5.62. The lowest BCUT2D eigenvalue weighted by atomic mass is 9.86. The van der Waals surface area contributed by atoms with Gasteiger partial charge >= 0.3 is 0 Å². The highest BCUT2D eigenvalue weighted by atomic mass is 16.5. The van der Waals surface area contributed by atoms with Crippen LogP contribution in [0.5, 0.6) is 5.75 Å². The minimum absolute atomic E-state index is 0.418. The molecule has 0 saturated heterocycles. The summed E-state index contributed by atoms with van der Waals surface area (Å²) in [5, 5.41) is 3.19. The van der Waals surface area contributed by atoms with Crippen molar-refractivity contribution in [2.45, 2.75) is 38.3 Å². The average Bonchev–Trinajstić information content (AvgIpc) is 2.39. The number of rotatable bonds is 7. The Morgan fingerprint density at radius 1 is 1.20 bits per heavy atom. The summed E-state index contributed by atoms with van der Waals surface area (Å²) in [6, 6.07) is 7.34. The lowest BCUT2D eigenvalue weighted by molar-refractivity contribution is -0.124. The molecule has 5 nitrogen and oxygen atoms in total. The number of benzene rings is 1. The standard InChI is InChI=1S/C15H24N2O3/c1-14(2,20-5)10-15(3,13(16)18)17-11-6-8-12(19-4)9-7-11/h6-9,17H,10H2,1-5H3,(H2,16,18). The molecule has 1 amide bonds. The quantitative estimate of drug-likeness (QED) is 0.802. The van der Waals surface area contributed by atoms with Gasteiger partial charge in [0, 0.05) is 19.2 Å². The van der Waals surface area contributed by atoms with Crippen LogP contribution in [0.3, 0.4) is 0 Å². The fraction of sp³-hybridized carbons (Fsp3) is 0.533. The molecule has 0 aromatic heterocycles. The van der Waals surface area contributed by atoms with E-state index in [1.165, 1.54) is 0 Å². The third-order valence-electron chi connectivity index (χ3n) is 3.39. The molecule has 0 spiro atoms. The number of amides is 1. The summed E-state index contributed by atoms with van der Waals surface area (Å²) in [4.78, 5) is 11.8. The molecule has 0 aliphatic rings. The number of nitrogens with one attached hydrogen (secondary N) is 1. The normalized spacial score (nSPS) is 14.4. The van der Waals surface area contributed by atoms with Gasteiger partial charge in [-0.15, -0.1) is 0 Å². The highest BCUT2D eigenvalue weighted by Crippen LogP contribution is 2.27. The largest absolute Gasteiger partial charge is 0.497 e. The predicted octanol–water partition coefficient (Wildman–Crippen LogP) is 2.17. The van der Waals surface area contributed by atoms with Gasteiger partial charge in [-0.2, -0.15) is 0 Å². The van der Waals surface area contributed by atoms with E-state index in [0.717, 1.165) is 11.4 Å².